The second kappa shape index (κ2) is 5.03. The molecule has 0 aliphatic carbocycles. The van der Waals surface area contributed by atoms with Gasteiger partial charge in [-0.05, 0) is 31.3 Å². The lowest BCUT2D eigenvalue weighted by molar-refractivity contribution is -0.123. The maximum atomic E-state index is 12.4. The molecule has 1 aromatic rings. The van der Waals surface area contributed by atoms with Crippen LogP contribution >= 0.6 is 11.3 Å². The summed E-state index contributed by atoms with van der Waals surface area (Å²) in [7, 11) is -1.06. The van der Waals surface area contributed by atoms with Gasteiger partial charge in [0.2, 0.25) is 5.91 Å². The zero-order valence-corrected chi connectivity index (χ0v) is 14.3. The predicted molar refractivity (Wildman–Crippen MR) is 83.8 cm³/mol. The van der Waals surface area contributed by atoms with Crippen molar-refractivity contribution < 1.29 is 9.53 Å². The topological polar surface area (TPSA) is 29.5 Å². The van der Waals surface area contributed by atoms with E-state index in [9.17, 15) is 4.79 Å². The summed E-state index contributed by atoms with van der Waals surface area (Å²) in [6.45, 7) is 12.1. The number of thiophene rings is 1. The normalized spacial score (nSPS) is 17.9. The van der Waals surface area contributed by atoms with E-state index in [2.05, 4.69) is 25.7 Å². The van der Waals surface area contributed by atoms with Crippen LogP contribution in [0.5, 0.6) is 0 Å². The molecule has 0 atom stereocenters. The van der Waals surface area contributed by atoms with Crippen LogP contribution in [0.3, 0.4) is 0 Å². The Labute approximate surface area is 120 Å². The molecule has 0 unspecified atom stereocenters. The Balaban J connectivity index is 1.97. The van der Waals surface area contributed by atoms with Crippen molar-refractivity contribution in [2.24, 2.45) is 0 Å². The molecule has 3 nitrogen and oxygen atoms in total. The highest BCUT2D eigenvalue weighted by Crippen LogP contribution is 2.44. The highest BCUT2D eigenvalue weighted by atomic mass is 32.1. The maximum absolute atomic E-state index is 12.4. The second-order valence-corrected chi connectivity index (χ2v) is 13.4. The predicted octanol–water partition coefficient (Wildman–Crippen LogP) is 3.68. The third-order valence-electron chi connectivity index (χ3n) is 3.56. The minimum atomic E-state index is -1.06. The van der Waals surface area contributed by atoms with Crippen molar-refractivity contribution in [1.29, 1.82) is 0 Å². The van der Waals surface area contributed by atoms with E-state index in [4.69, 9.17) is 4.74 Å². The molecule has 2 heterocycles. The third kappa shape index (κ3) is 2.93. The Kier molecular flexibility index (Phi) is 3.91. The number of hydrogen-bond donors (Lipinski definition) is 0. The van der Waals surface area contributed by atoms with Gasteiger partial charge in [0.1, 0.15) is 11.7 Å². The number of hydrogen-bond acceptors (Lipinski definition) is 3. The van der Waals surface area contributed by atoms with Crippen molar-refractivity contribution in [3.05, 3.63) is 17.0 Å². The number of anilines is 1. The second-order valence-electron chi connectivity index (χ2n) is 6.85. The first-order valence-electron chi connectivity index (χ1n) is 6.71. The summed E-state index contributed by atoms with van der Waals surface area (Å²) < 4.78 is 5.73. The standard InChI is InChI=1S/C14H23NO2SSi/c1-14(2)11-6-8-18-12(11)15(13(14)16)10-17-7-9-19(3,4)5/h6,8H,7,9-10H2,1-5H3. The number of amides is 1. The first-order chi connectivity index (χ1) is 8.73. The molecule has 19 heavy (non-hydrogen) atoms. The lowest BCUT2D eigenvalue weighted by Gasteiger charge is -2.21. The molecule has 0 saturated heterocycles. The first kappa shape index (κ1) is 14.7. The van der Waals surface area contributed by atoms with E-state index < -0.39 is 13.5 Å². The smallest absolute Gasteiger partial charge is 0.239 e. The summed E-state index contributed by atoms with van der Waals surface area (Å²) in [4.78, 5) is 14.2. The molecule has 0 spiro atoms. The summed E-state index contributed by atoms with van der Waals surface area (Å²) in [5.74, 6) is 0.155. The van der Waals surface area contributed by atoms with Crippen LogP contribution in [0.25, 0.3) is 0 Å². The number of carbonyl (C=O) groups excluding carboxylic acids is 1. The largest absolute Gasteiger partial charge is 0.361 e. The quantitative estimate of drug-likeness (QED) is 0.613. The van der Waals surface area contributed by atoms with Gasteiger partial charge in [-0.25, -0.2) is 0 Å². The Bertz CT molecular complexity index is 476. The lowest BCUT2D eigenvalue weighted by Crippen LogP contribution is -2.38. The highest BCUT2D eigenvalue weighted by molar-refractivity contribution is 7.14. The molecule has 0 radical (unpaired) electrons. The van der Waals surface area contributed by atoms with Crippen LogP contribution in [0.1, 0.15) is 19.4 Å². The average molecular weight is 297 g/mol. The van der Waals surface area contributed by atoms with Crippen molar-refractivity contribution >= 4 is 30.3 Å². The number of carbonyl (C=O) groups is 1. The van der Waals surface area contributed by atoms with E-state index in [0.29, 0.717) is 6.73 Å². The average Bonchev–Trinajstić information content (AvgIpc) is 2.81. The van der Waals surface area contributed by atoms with Gasteiger partial charge in [0.15, 0.2) is 0 Å². The molecule has 106 valence electrons. The molecular weight excluding hydrogens is 274 g/mol. The third-order valence-corrected chi connectivity index (χ3v) is 6.20. The van der Waals surface area contributed by atoms with E-state index in [1.165, 1.54) is 0 Å². The van der Waals surface area contributed by atoms with E-state index in [-0.39, 0.29) is 5.91 Å². The van der Waals surface area contributed by atoms with E-state index in [1.807, 2.05) is 19.2 Å². The Morgan fingerprint density at radius 1 is 1.37 bits per heavy atom. The molecule has 1 aromatic heterocycles. The molecule has 0 N–H and O–H groups in total. The van der Waals surface area contributed by atoms with Crippen molar-refractivity contribution in [3.8, 4) is 0 Å². The number of nitrogens with zero attached hydrogens (tertiary/aromatic N) is 1. The highest BCUT2D eigenvalue weighted by Gasteiger charge is 2.44. The van der Waals surface area contributed by atoms with Crippen LogP contribution in [0, 0.1) is 0 Å². The number of fused-ring (bicyclic) bond motifs is 1. The summed E-state index contributed by atoms with van der Waals surface area (Å²) in [6, 6.07) is 3.19. The van der Waals surface area contributed by atoms with Crippen LogP contribution in [0.2, 0.25) is 25.7 Å². The summed E-state index contributed by atoms with van der Waals surface area (Å²) >= 11 is 1.62. The minimum absolute atomic E-state index is 0.155. The SMILES string of the molecule is CC1(C)C(=O)N(COCC[Si](C)(C)C)c2sccc21. The first-order valence-corrected chi connectivity index (χ1v) is 11.3. The molecule has 1 amide bonds. The summed E-state index contributed by atoms with van der Waals surface area (Å²) in [6.07, 6.45) is 0. The van der Waals surface area contributed by atoms with Crippen LogP contribution < -0.4 is 4.90 Å². The van der Waals surface area contributed by atoms with Gasteiger partial charge < -0.3 is 4.74 Å². The van der Waals surface area contributed by atoms with Crippen LogP contribution in [-0.2, 0) is 14.9 Å². The van der Waals surface area contributed by atoms with E-state index in [0.717, 1.165) is 23.2 Å². The van der Waals surface area contributed by atoms with Crippen LogP contribution in [-0.4, -0.2) is 27.3 Å². The fourth-order valence-electron chi connectivity index (χ4n) is 2.18. The van der Waals surface area contributed by atoms with Crippen molar-refractivity contribution in [2.45, 2.75) is 44.9 Å². The van der Waals surface area contributed by atoms with Gasteiger partial charge in [0.05, 0.1) is 5.41 Å². The molecule has 0 aromatic carbocycles. The van der Waals surface area contributed by atoms with Crippen LogP contribution in [0.15, 0.2) is 11.4 Å². The lowest BCUT2D eigenvalue weighted by atomic mass is 9.88. The van der Waals surface area contributed by atoms with Crippen LogP contribution in [0.4, 0.5) is 5.00 Å². The van der Waals surface area contributed by atoms with E-state index >= 15 is 0 Å². The summed E-state index contributed by atoms with van der Waals surface area (Å²) in [5, 5.41) is 3.11. The molecule has 1 aliphatic rings. The molecular formula is C14H23NO2SSi. The van der Waals surface area contributed by atoms with Crippen molar-refractivity contribution in [3.63, 3.8) is 0 Å². The summed E-state index contributed by atoms with van der Waals surface area (Å²) in [5.41, 5.74) is 0.730. The number of ether oxygens (including phenoxy) is 1. The van der Waals surface area contributed by atoms with Gasteiger partial charge >= 0.3 is 0 Å². The van der Waals surface area contributed by atoms with Gasteiger partial charge in [-0.15, -0.1) is 11.3 Å². The zero-order chi connectivity index (χ0) is 14.3. The Hall–Kier alpha value is -0.653. The Morgan fingerprint density at radius 2 is 2.05 bits per heavy atom. The van der Waals surface area contributed by atoms with Gasteiger partial charge in [-0.1, -0.05) is 19.6 Å². The van der Waals surface area contributed by atoms with Gasteiger partial charge in [0.25, 0.3) is 0 Å². The van der Waals surface area contributed by atoms with Gasteiger partial charge in [-0.3, -0.25) is 9.69 Å². The molecule has 0 fully saturated rings. The number of rotatable bonds is 5. The van der Waals surface area contributed by atoms with Gasteiger partial charge in [-0.2, -0.15) is 0 Å². The fraction of sp³-hybridized carbons (Fsp3) is 0.643. The molecule has 1 aliphatic heterocycles. The van der Waals surface area contributed by atoms with E-state index in [1.54, 1.807) is 16.2 Å². The minimum Gasteiger partial charge on any atom is -0.361 e. The maximum Gasteiger partial charge on any atom is 0.239 e. The van der Waals surface area contributed by atoms with Crippen molar-refractivity contribution in [1.82, 2.24) is 0 Å². The monoisotopic (exact) mass is 297 g/mol. The zero-order valence-electron chi connectivity index (χ0n) is 12.4. The Morgan fingerprint density at radius 3 is 2.68 bits per heavy atom. The molecule has 5 heteroatoms. The molecule has 0 saturated carbocycles. The van der Waals surface area contributed by atoms with Gasteiger partial charge in [0, 0.05) is 20.2 Å². The van der Waals surface area contributed by atoms with Crippen molar-refractivity contribution in [2.75, 3.05) is 18.2 Å². The molecule has 0 bridgehead atoms. The fourth-order valence-corrected chi connectivity index (χ4v) is 3.98. The molecule has 2 rings (SSSR count).